The lowest BCUT2D eigenvalue weighted by Crippen LogP contribution is -2.31. The van der Waals surface area contributed by atoms with Crippen molar-refractivity contribution in [1.82, 2.24) is 10.7 Å². The first kappa shape index (κ1) is 8.31. The summed E-state index contributed by atoms with van der Waals surface area (Å²) >= 11 is 0. The van der Waals surface area contributed by atoms with Gasteiger partial charge in [-0.25, -0.2) is 0 Å². The fraction of sp³-hybridized carbons (Fsp3) is 0.444. The Balaban J connectivity index is 2.22. The van der Waals surface area contributed by atoms with E-state index in [1.807, 2.05) is 6.08 Å². The van der Waals surface area contributed by atoms with Crippen LogP contribution in [0.2, 0.25) is 0 Å². The van der Waals surface area contributed by atoms with Gasteiger partial charge in [0.15, 0.2) is 0 Å². The Bertz CT molecular complexity index is 304. The van der Waals surface area contributed by atoms with Crippen molar-refractivity contribution in [2.45, 2.75) is 25.7 Å². The first-order valence-electron chi connectivity index (χ1n) is 4.48. The lowest BCUT2D eigenvalue weighted by atomic mass is 9.94. The van der Waals surface area contributed by atoms with E-state index < -0.39 is 0 Å². The van der Waals surface area contributed by atoms with Crippen molar-refractivity contribution in [3.63, 3.8) is 0 Å². The van der Waals surface area contributed by atoms with Gasteiger partial charge in [0.05, 0.1) is 0 Å². The maximum Gasteiger partial charge on any atom is 0.224 e. The minimum Gasteiger partial charge on any atom is -0.329 e. The van der Waals surface area contributed by atoms with Crippen molar-refractivity contribution >= 4 is 5.91 Å². The van der Waals surface area contributed by atoms with Crippen LogP contribution in [-0.4, -0.2) is 5.91 Å². The number of carbonyl (C=O) groups excluding carboxylic acids is 1. The minimum absolute atomic E-state index is 0.135. The number of hydrazine groups is 1. The van der Waals surface area contributed by atoms with Gasteiger partial charge in [-0.3, -0.25) is 10.6 Å². The molecule has 0 bridgehead atoms. The third-order valence-corrected chi connectivity index (χ3v) is 2.48. The summed E-state index contributed by atoms with van der Waals surface area (Å²) in [6.07, 6.45) is 5.24. The molecule has 1 amide bonds. The van der Waals surface area contributed by atoms with Crippen molar-refractivity contribution in [1.29, 1.82) is 0 Å². The Morgan fingerprint density at radius 2 is 2.15 bits per heavy atom. The molecule has 0 atom stereocenters. The van der Waals surface area contributed by atoms with Gasteiger partial charge >= 0.3 is 0 Å². The molecule has 2 aliphatic rings. The summed E-state index contributed by atoms with van der Waals surface area (Å²) in [5.74, 6) is 5.46. The molecular formula is C9H13N3O. The summed E-state index contributed by atoms with van der Waals surface area (Å²) in [5, 5.41) is 2.89. The number of hydrogen-bond acceptors (Lipinski definition) is 3. The van der Waals surface area contributed by atoms with Crippen molar-refractivity contribution in [2.24, 2.45) is 5.84 Å². The number of nitrogens with two attached hydrogens (primary N) is 1. The standard InChI is InChI=1S/C9H13N3O/c10-12-7-2-3-8-6(5-7)1-4-9(13)11-8/h5,12H,1-4,10H2,(H,11,13). The highest BCUT2D eigenvalue weighted by molar-refractivity contribution is 5.80. The molecule has 4 N–H and O–H groups in total. The summed E-state index contributed by atoms with van der Waals surface area (Å²) in [6.45, 7) is 0. The lowest BCUT2D eigenvalue weighted by molar-refractivity contribution is -0.120. The number of allylic oxidation sites excluding steroid dienone is 4. The molecule has 4 heteroatoms. The first-order chi connectivity index (χ1) is 6.29. The van der Waals surface area contributed by atoms with Gasteiger partial charge in [0.1, 0.15) is 0 Å². The highest BCUT2D eigenvalue weighted by atomic mass is 16.1. The number of rotatable bonds is 1. The van der Waals surface area contributed by atoms with Gasteiger partial charge in [0, 0.05) is 17.8 Å². The summed E-state index contributed by atoms with van der Waals surface area (Å²) in [4.78, 5) is 11.1. The maximum atomic E-state index is 11.1. The molecule has 0 unspecified atom stereocenters. The van der Waals surface area contributed by atoms with Gasteiger partial charge in [0.2, 0.25) is 5.91 Å². The van der Waals surface area contributed by atoms with E-state index in [2.05, 4.69) is 10.7 Å². The Kier molecular flexibility index (Phi) is 2.06. The SMILES string of the molecule is NNC1=CC2=C(CC1)NC(=O)CC2. The fourth-order valence-electron chi connectivity index (χ4n) is 1.75. The average Bonchev–Trinajstić information content (AvgIpc) is 2.17. The highest BCUT2D eigenvalue weighted by Gasteiger charge is 2.19. The predicted octanol–water partition coefficient (Wildman–Crippen LogP) is 0.291. The van der Waals surface area contributed by atoms with Gasteiger partial charge in [-0.05, 0) is 30.9 Å². The molecule has 2 rings (SSSR count). The third kappa shape index (κ3) is 1.58. The maximum absolute atomic E-state index is 11.1. The average molecular weight is 179 g/mol. The highest BCUT2D eigenvalue weighted by Crippen LogP contribution is 2.26. The summed E-state index contributed by atoms with van der Waals surface area (Å²) < 4.78 is 0. The third-order valence-electron chi connectivity index (χ3n) is 2.48. The van der Waals surface area contributed by atoms with E-state index >= 15 is 0 Å². The molecule has 0 aromatic carbocycles. The van der Waals surface area contributed by atoms with Gasteiger partial charge < -0.3 is 10.7 Å². The summed E-state index contributed by atoms with van der Waals surface area (Å²) in [7, 11) is 0. The molecule has 0 aromatic rings. The van der Waals surface area contributed by atoms with Crippen molar-refractivity contribution in [3.8, 4) is 0 Å². The van der Waals surface area contributed by atoms with E-state index in [4.69, 9.17) is 5.84 Å². The van der Waals surface area contributed by atoms with Crippen LogP contribution < -0.4 is 16.6 Å². The number of amides is 1. The van der Waals surface area contributed by atoms with Crippen LogP contribution in [0.4, 0.5) is 0 Å². The van der Waals surface area contributed by atoms with Gasteiger partial charge in [0.25, 0.3) is 0 Å². The van der Waals surface area contributed by atoms with E-state index in [1.165, 1.54) is 5.57 Å². The Hall–Kier alpha value is -1.29. The first-order valence-corrected chi connectivity index (χ1v) is 4.48. The molecular weight excluding hydrogens is 166 g/mol. The molecule has 70 valence electrons. The van der Waals surface area contributed by atoms with Gasteiger partial charge in [-0.1, -0.05) is 0 Å². The normalized spacial score (nSPS) is 21.9. The van der Waals surface area contributed by atoms with Crippen LogP contribution in [0.25, 0.3) is 0 Å². The second kappa shape index (κ2) is 3.22. The Morgan fingerprint density at radius 3 is 2.92 bits per heavy atom. The minimum atomic E-state index is 0.135. The summed E-state index contributed by atoms with van der Waals surface area (Å²) in [6, 6.07) is 0. The monoisotopic (exact) mass is 179 g/mol. The largest absolute Gasteiger partial charge is 0.329 e. The molecule has 13 heavy (non-hydrogen) atoms. The van der Waals surface area contributed by atoms with Gasteiger partial charge in [-0.2, -0.15) is 0 Å². The molecule has 0 radical (unpaired) electrons. The van der Waals surface area contributed by atoms with Crippen LogP contribution in [0.5, 0.6) is 0 Å². The molecule has 0 aromatic heterocycles. The van der Waals surface area contributed by atoms with Gasteiger partial charge in [-0.15, -0.1) is 0 Å². The molecule has 1 aliphatic heterocycles. The second-order valence-corrected chi connectivity index (χ2v) is 3.37. The molecule has 1 heterocycles. The van der Waals surface area contributed by atoms with Crippen molar-refractivity contribution in [3.05, 3.63) is 23.0 Å². The smallest absolute Gasteiger partial charge is 0.224 e. The summed E-state index contributed by atoms with van der Waals surface area (Å²) in [5.41, 5.74) is 6.01. The van der Waals surface area contributed by atoms with E-state index in [1.54, 1.807) is 0 Å². The molecule has 0 fully saturated rings. The molecule has 0 saturated heterocycles. The van der Waals surface area contributed by atoms with Crippen LogP contribution in [0, 0.1) is 0 Å². The van der Waals surface area contributed by atoms with Crippen molar-refractivity contribution < 1.29 is 4.79 Å². The number of hydrogen-bond donors (Lipinski definition) is 3. The molecule has 0 spiro atoms. The van der Waals surface area contributed by atoms with E-state index in [-0.39, 0.29) is 5.91 Å². The zero-order chi connectivity index (χ0) is 9.26. The fourth-order valence-corrected chi connectivity index (χ4v) is 1.75. The van der Waals surface area contributed by atoms with Crippen LogP contribution in [0.3, 0.4) is 0 Å². The zero-order valence-electron chi connectivity index (χ0n) is 7.39. The molecule has 0 saturated carbocycles. The van der Waals surface area contributed by atoms with E-state index in [9.17, 15) is 4.79 Å². The number of carbonyl (C=O) groups is 1. The Morgan fingerprint density at radius 1 is 1.31 bits per heavy atom. The Labute approximate surface area is 76.8 Å². The van der Waals surface area contributed by atoms with Crippen LogP contribution >= 0.6 is 0 Å². The number of nitrogens with one attached hydrogen (secondary N) is 2. The molecule has 1 aliphatic carbocycles. The van der Waals surface area contributed by atoms with Crippen LogP contribution in [0.1, 0.15) is 25.7 Å². The predicted molar refractivity (Wildman–Crippen MR) is 49.0 cm³/mol. The van der Waals surface area contributed by atoms with E-state index in [0.29, 0.717) is 6.42 Å². The quantitative estimate of drug-likeness (QED) is 0.400. The van der Waals surface area contributed by atoms with Crippen LogP contribution in [0.15, 0.2) is 23.0 Å². The topological polar surface area (TPSA) is 67.2 Å². The van der Waals surface area contributed by atoms with E-state index in [0.717, 1.165) is 30.7 Å². The van der Waals surface area contributed by atoms with Crippen LogP contribution in [-0.2, 0) is 4.79 Å². The molecule has 4 nitrogen and oxygen atoms in total. The van der Waals surface area contributed by atoms with Crippen molar-refractivity contribution in [2.75, 3.05) is 0 Å². The zero-order valence-corrected chi connectivity index (χ0v) is 7.39. The lowest BCUT2D eigenvalue weighted by Gasteiger charge is -2.24. The second-order valence-electron chi connectivity index (χ2n) is 3.37.